The Hall–Kier alpha value is -2.67. The van der Waals surface area contributed by atoms with Crippen molar-refractivity contribution in [2.75, 3.05) is 26.4 Å². The molecule has 0 saturated heterocycles. The van der Waals surface area contributed by atoms with Crippen LogP contribution in [0.15, 0.2) is 72.9 Å². The zero-order valence-electron chi connectivity index (χ0n) is 34.2. The molecule has 0 heterocycles. The van der Waals surface area contributed by atoms with Gasteiger partial charge in [0.1, 0.15) is 6.61 Å². The van der Waals surface area contributed by atoms with Crippen LogP contribution in [-0.4, -0.2) is 82.9 Å². The van der Waals surface area contributed by atoms with Gasteiger partial charge in [0.05, 0.1) is 31.5 Å². The molecule has 13 heteroatoms. The molecule has 322 valence electrons. The van der Waals surface area contributed by atoms with Crippen molar-refractivity contribution < 1.29 is 52.9 Å². The minimum atomic E-state index is -4.48. The lowest BCUT2D eigenvalue weighted by atomic mass is 10.1. The van der Waals surface area contributed by atoms with Gasteiger partial charge >= 0.3 is 19.8 Å². The maximum Gasteiger partial charge on any atom is 0.472 e. The summed E-state index contributed by atoms with van der Waals surface area (Å²) in [6.45, 7) is 3.10. The maximum absolute atomic E-state index is 12.6. The van der Waals surface area contributed by atoms with Crippen molar-refractivity contribution in [3.8, 4) is 0 Å². The van der Waals surface area contributed by atoms with Crippen LogP contribution in [0.5, 0.6) is 0 Å². The summed E-state index contributed by atoms with van der Waals surface area (Å²) in [4.78, 5) is 34.9. The van der Waals surface area contributed by atoms with Gasteiger partial charge in [0.15, 0.2) is 6.10 Å². The van der Waals surface area contributed by atoms with Crippen molar-refractivity contribution in [2.45, 2.75) is 160 Å². The molecule has 0 aliphatic rings. The van der Waals surface area contributed by atoms with E-state index in [1.54, 1.807) is 42.5 Å². The second-order valence-electron chi connectivity index (χ2n) is 13.7. The number of aliphatic hydroxyl groups excluding tert-OH is 3. The topological polar surface area (TPSA) is 195 Å². The molecule has 0 fully saturated rings. The molecule has 56 heavy (non-hydrogen) atoms. The molecule has 6 N–H and O–H groups in total. The summed E-state index contributed by atoms with van der Waals surface area (Å²) >= 11 is 0. The smallest absolute Gasteiger partial charge is 0.462 e. The number of nitrogens with two attached hydrogens (primary N) is 1. The van der Waals surface area contributed by atoms with E-state index < -0.39 is 50.8 Å². The highest BCUT2D eigenvalue weighted by molar-refractivity contribution is 7.47. The van der Waals surface area contributed by atoms with Crippen molar-refractivity contribution in [3.63, 3.8) is 0 Å². The molecule has 0 amide bonds. The lowest BCUT2D eigenvalue weighted by Crippen LogP contribution is -2.30. The zero-order valence-corrected chi connectivity index (χ0v) is 35.1. The highest BCUT2D eigenvalue weighted by Gasteiger charge is 2.26. The van der Waals surface area contributed by atoms with Gasteiger partial charge in [0.25, 0.3) is 0 Å². The fraction of sp³-hybridized carbons (Fsp3) is 0.674. The van der Waals surface area contributed by atoms with Gasteiger partial charge in [-0.1, -0.05) is 138 Å². The number of hydrogen-bond donors (Lipinski definition) is 5. The minimum absolute atomic E-state index is 0.00720. The first-order chi connectivity index (χ1) is 27.0. The van der Waals surface area contributed by atoms with Crippen molar-refractivity contribution in [1.29, 1.82) is 0 Å². The number of rotatable bonds is 37. The number of carbonyl (C=O) groups excluding carboxylic acids is 2. The van der Waals surface area contributed by atoms with E-state index in [0.717, 1.165) is 44.9 Å². The second kappa shape index (κ2) is 37.9. The van der Waals surface area contributed by atoms with Crippen molar-refractivity contribution in [1.82, 2.24) is 0 Å². The Labute approximate surface area is 337 Å². The van der Waals surface area contributed by atoms with Gasteiger partial charge in [-0.25, -0.2) is 4.57 Å². The van der Waals surface area contributed by atoms with Crippen molar-refractivity contribution in [3.05, 3.63) is 72.9 Å². The van der Waals surface area contributed by atoms with Crippen LogP contribution in [0.25, 0.3) is 0 Å². The first-order valence-electron chi connectivity index (χ1n) is 20.7. The number of unbranched alkanes of at least 4 members (excludes halogenated alkanes) is 11. The number of phosphoric ester groups is 1. The van der Waals surface area contributed by atoms with E-state index in [-0.39, 0.29) is 45.4 Å². The van der Waals surface area contributed by atoms with Gasteiger partial charge in [0, 0.05) is 19.4 Å². The van der Waals surface area contributed by atoms with Crippen LogP contribution in [0.1, 0.15) is 136 Å². The van der Waals surface area contributed by atoms with E-state index in [4.69, 9.17) is 24.3 Å². The molecule has 0 saturated carbocycles. The van der Waals surface area contributed by atoms with Gasteiger partial charge in [-0.15, -0.1) is 0 Å². The third-order valence-electron chi connectivity index (χ3n) is 8.42. The number of ether oxygens (including phenoxy) is 2. The molecule has 0 aromatic carbocycles. The van der Waals surface area contributed by atoms with E-state index >= 15 is 0 Å². The number of phosphoric acid groups is 1. The fourth-order valence-corrected chi connectivity index (χ4v) is 5.97. The average Bonchev–Trinajstić information content (AvgIpc) is 3.17. The molecule has 0 radical (unpaired) electrons. The predicted octanol–water partition coefficient (Wildman–Crippen LogP) is 8.41. The van der Waals surface area contributed by atoms with Gasteiger partial charge < -0.3 is 35.4 Å². The van der Waals surface area contributed by atoms with Crippen LogP contribution < -0.4 is 5.73 Å². The van der Waals surface area contributed by atoms with Crippen LogP contribution in [0.4, 0.5) is 0 Å². The third kappa shape index (κ3) is 35.7. The first kappa shape index (κ1) is 53.3. The van der Waals surface area contributed by atoms with Crippen LogP contribution in [0, 0.1) is 0 Å². The van der Waals surface area contributed by atoms with Crippen LogP contribution in [-0.2, 0) is 32.7 Å². The molecule has 5 atom stereocenters. The van der Waals surface area contributed by atoms with Gasteiger partial charge in [-0.3, -0.25) is 18.6 Å². The lowest BCUT2D eigenvalue weighted by molar-refractivity contribution is -0.161. The number of carbonyl (C=O) groups is 2. The Kier molecular flexibility index (Phi) is 36.1. The molecule has 0 aliphatic heterocycles. The summed E-state index contributed by atoms with van der Waals surface area (Å²) in [6, 6.07) is 0. The van der Waals surface area contributed by atoms with E-state index in [9.17, 15) is 34.4 Å². The zero-order chi connectivity index (χ0) is 41.5. The van der Waals surface area contributed by atoms with Gasteiger partial charge in [-0.2, -0.15) is 0 Å². The summed E-state index contributed by atoms with van der Waals surface area (Å²) in [5.74, 6) is -1.18. The minimum Gasteiger partial charge on any atom is -0.462 e. The predicted molar refractivity (Wildman–Crippen MR) is 224 cm³/mol. The van der Waals surface area contributed by atoms with Crippen molar-refractivity contribution in [2.24, 2.45) is 5.73 Å². The molecule has 12 nitrogen and oxygen atoms in total. The molecular formula is C43H74NO11P. The summed E-state index contributed by atoms with van der Waals surface area (Å²) in [6.07, 6.45) is 34.5. The molecule has 0 bridgehead atoms. The lowest BCUT2D eigenvalue weighted by Gasteiger charge is -2.20. The maximum atomic E-state index is 12.6. The summed E-state index contributed by atoms with van der Waals surface area (Å²) in [5.41, 5.74) is 5.32. The van der Waals surface area contributed by atoms with Crippen molar-refractivity contribution >= 4 is 19.8 Å². The molecule has 0 spiro atoms. The normalized spacial score (nSPS) is 15.8. The summed E-state index contributed by atoms with van der Waals surface area (Å²) in [7, 11) is -4.48. The Morgan fingerprint density at radius 1 is 0.679 bits per heavy atom. The first-order valence-corrected chi connectivity index (χ1v) is 22.2. The highest BCUT2D eigenvalue weighted by Crippen LogP contribution is 2.43. The Balaban J connectivity index is 4.56. The third-order valence-corrected chi connectivity index (χ3v) is 9.40. The summed E-state index contributed by atoms with van der Waals surface area (Å²) < 4.78 is 32.5. The molecule has 0 aliphatic carbocycles. The van der Waals surface area contributed by atoms with E-state index in [1.807, 2.05) is 19.1 Å². The van der Waals surface area contributed by atoms with E-state index in [1.165, 1.54) is 44.6 Å². The van der Waals surface area contributed by atoms with E-state index in [0.29, 0.717) is 12.8 Å². The number of esters is 2. The molecule has 0 aromatic heterocycles. The highest BCUT2D eigenvalue weighted by atomic mass is 31.2. The second-order valence-corrected chi connectivity index (χ2v) is 15.1. The molecule has 0 rings (SSSR count). The van der Waals surface area contributed by atoms with Crippen LogP contribution >= 0.6 is 7.82 Å². The SMILES string of the molecule is CC/C=C\C[C@H](O)/C=C/C=C/C=C\C=C/[C@@H](O)[C@H](O)CCCC(=O)O[C@H](COC(=O)CCCCCCC/C=C\CCCCCCCC)COP(=O)(O)OCCN. The average molecular weight is 812 g/mol. The largest absolute Gasteiger partial charge is 0.472 e. The van der Waals surface area contributed by atoms with Crippen LogP contribution in [0.3, 0.4) is 0 Å². The van der Waals surface area contributed by atoms with Crippen LogP contribution in [0.2, 0.25) is 0 Å². The molecule has 0 aromatic rings. The number of aliphatic hydroxyl groups is 3. The monoisotopic (exact) mass is 811 g/mol. The molecule has 1 unspecified atom stereocenters. The quantitative estimate of drug-likeness (QED) is 0.0132. The van der Waals surface area contributed by atoms with Gasteiger partial charge in [0.2, 0.25) is 0 Å². The standard InChI is InChI=1S/C43H74NO11P/c1-3-5-7-8-9-10-11-12-13-14-15-16-17-22-26-32-42(48)52-36-39(37-54-56(50,51)53-35-34-44)55-43(49)33-27-31-41(47)40(46)30-25-21-19-18-20-24-29-38(45)28-23-6-4-2/h6,12-13,18-21,23-25,29-30,38-41,45-47H,3-5,7-11,14-17,22,26-28,31-37,44H2,1-2H3,(H,50,51)/b13-12-,20-18+,21-19-,23-6-,29-24+,30-25-/t38-,39+,40+,41+/m0/s1. The Morgan fingerprint density at radius 2 is 1.27 bits per heavy atom. The van der Waals surface area contributed by atoms with E-state index in [2.05, 4.69) is 19.1 Å². The number of hydrogen-bond acceptors (Lipinski definition) is 11. The number of allylic oxidation sites excluding steroid dienone is 9. The molecular weight excluding hydrogens is 737 g/mol. The fourth-order valence-electron chi connectivity index (χ4n) is 5.20. The van der Waals surface area contributed by atoms with Gasteiger partial charge in [-0.05, 0) is 57.8 Å². The Morgan fingerprint density at radius 3 is 1.91 bits per heavy atom. The Bertz CT molecular complexity index is 1200. The summed E-state index contributed by atoms with van der Waals surface area (Å²) in [5, 5.41) is 30.4.